The fourth-order valence-corrected chi connectivity index (χ4v) is 2.19. The number of nitrogens with two attached hydrogens (primary N) is 1. The molecule has 2 aromatic carbocycles. The minimum atomic E-state index is 0.488. The third-order valence-corrected chi connectivity index (χ3v) is 3.24. The first-order valence-electron chi connectivity index (χ1n) is 5.97. The molecule has 4 heteroatoms. The summed E-state index contributed by atoms with van der Waals surface area (Å²) >= 11 is 3.44. The van der Waals surface area contributed by atoms with Gasteiger partial charge in [0.1, 0.15) is 6.61 Å². The van der Waals surface area contributed by atoms with Crippen molar-refractivity contribution in [3.05, 3.63) is 58.1 Å². The molecule has 3 nitrogen and oxygen atoms in total. The summed E-state index contributed by atoms with van der Waals surface area (Å²) in [7, 11) is 1.63. The Hall–Kier alpha value is -1.52. The monoisotopic (exact) mass is 321 g/mol. The Morgan fingerprint density at radius 1 is 1.05 bits per heavy atom. The molecule has 19 heavy (non-hydrogen) atoms. The van der Waals surface area contributed by atoms with Crippen LogP contribution in [0.25, 0.3) is 0 Å². The van der Waals surface area contributed by atoms with Crippen molar-refractivity contribution >= 4 is 15.9 Å². The number of hydrogen-bond acceptors (Lipinski definition) is 3. The molecular weight excluding hydrogens is 306 g/mol. The quantitative estimate of drug-likeness (QED) is 0.916. The van der Waals surface area contributed by atoms with Crippen LogP contribution in [0.15, 0.2) is 46.9 Å². The largest absolute Gasteiger partial charge is 0.493 e. The maximum Gasteiger partial charge on any atom is 0.161 e. The van der Waals surface area contributed by atoms with Gasteiger partial charge >= 0.3 is 0 Å². The number of ether oxygens (including phenoxy) is 2. The summed E-state index contributed by atoms with van der Waals surface area (Å²) < 4.78 is 12.1. The Kier molecular flexibility index (Phi) is 4.82. The van der Waals surface area contributed by atoms with Crippen LogP contribution < -0.4 is 15.2 Å². The molecule has 0 saturated carbocycles. The SMILES string of the molecule is COc1cc(CN)ccc1OCc1cccc(Br)c1. The van der Waals surface area contributed by atoms with E-state index < -0.39 is 0 Å². The summed E-state index contributed by atoms with van der Waals surface area (Å²) in [5, 5.41) is 0. The van der Waals surface area contributed by atoms with Crippen LogP contribution >= 0.6 is 15.9 Å². The molecule has 0 aliphatic heterocycles. The van der Waals surface area contributed by atoms with Gasteiger partial charge in [-0.15, -0.1) is 0 Å². The van der Waals surface area contributed by atoms with Crippen LogP contribution in [0, 0.1) is 0 Å². The summed E-state index contributed by atoms with van der Waals surface area (Å²) in [6.45, 7) is 0.986. The van der Waals surface area contributed by atoms with Gasteiger partial charge in [-0.2, -0.15) is 0 Å². The standard InChI is InChI=1S/C15H16BrNO2/c1-18-15-8-11(9-17)5-6-14(15)19-10-12-3-2-4-13(16)7-12/h2-8H,9-10,17H2,1H3. The van der Waals surface area contributed by atoms with E-state index in [1.807, 2.05) is 42.5 Å². The lowest BCUT2D eigenvalue weighted by molar-refractivity contribution is 0.284. The molecule has 0 bridgehead atoms. The molecule has 0 amide bonds. The van der Waals surface area contributed by atoms with E-state index in [1.165, 1.54) is 0 Å². The van der Waals surface area contributed by atoms with E-state index >= 15 is 0 Å². The second kappa shape index (κ2) is 6.59. The first-order valence-corrected chi connectivity index (χ1v) is 6.76. The predicted octanol–water partition coefficient (Wildman–Crippen LogP) is 3.50. The number of methoxy groups -OCH3 is 1. The molecule has 0 unspecified atom stereocenters. The maximum absolute atomic E-state index is 5.78. The van der Waals surface area contributed by atoms with Crippen LogP contribution in [0.1, 0.15) is 11.1 Å². The molecule has 0 spiro atoms. The molecule has 0 aromatic heterocycles. The van der Waals surface area contributed by atoms with Crippen LogP contribution in [0.5, 0.6) is 11.5 Å². The average Bonchev–Trinajstić information content (AvgIpc) is 2.45. The predicted molar refractivity (Wildman–Crippen MR) is 79.4 cm³/mol. The molecule has 0 heterocycles. The van der Waals surface area contributed by atoms with E-state index in [-0.39, 0.29) is 0 Å². The van der Waals surface area contributed by atoms with E-state index in [9.17, 15) is 0 Å². The highest BCUT2D eigenvalue weighted by Crippen LogP contribution is 2.28. The van der Waals surface area contributed by atoms with Crippen molar-refractivity contribution in [2.75, 3.05) is 7.11 Å². The van der Waals surface area contributed by atoms with E-state index in [1.54, 1.807) is 7.11 Å². The Morgan fingerprint density at radius 2 is 1.89 bits per heavy atom. The average molecular weight is 322 g/mol. The highest BCUT2D eigenvalue weighted by Gasteiger charge is 2.05. The van der Waals surface area contributed by atoms with Gasteiger partial charge in [0, 0.05) is 11.0 Å². The minimum absolute atomic E-state index is 0.488. The van der Waals surface area contributed by atoms with Crippen molar-refractivity contribution in [1.29, 1.82) is 0 Å². The zero-order valence-electron chi connectivity index (χ0n) is 10.7. The van der Waals surface area contributed by atoms with E-state index in [0.29, 0.717) is 18.9 Å². The van der Waals surface area contributed by atoms with E-state index in [4.69, 9.17) is 15.2 Å². The molecule has 0 radical (unpaired) electrons. The normalized spacial score (nSPS) is 10.3. The van der Waals surface area contributed by atoms with Crippen molar-refractivity contribution in [3.8, 4) is 11.5 Å². The molecule has 100 valence electrons. The Labute approximate surface area is 121 Å². The lowest BCUT2D eigenvalue weighted by atomic mass is 10.2. The van der Waals surface area contributed by atoms with Crippen molar-refractivity contribution < 1.29 is 9.47 Å². The van der Waals surface area contributed by atoms with Crippen LogP contribution in [0.3, 0.4) is 0 Å². The van der Waals surface area contributed by atoms with Gasteiger partial charge in [-0.25, -0.2) is 0 Å². The summed E-state index contributed by atoms with van der Waals surface area (Å²) in [6.07, 6.45) is 0. The fraction of sp³-hybridized carbons (Fsp3) is 0.200. The zero-order chi connectivity index (χ0) is 13.7. The molecule has 2 rings (SSSR count). The second-order valence-corrected chi connectivity index (χ2v) is 5.02. The van der Waals surface area contributed by atoms with E-state index in [2.05, 4.69) is 15.9 Å². The van der Waals surface area contributed by atoms with Gasteiger partial charge in [0.25, 0.3) is 0 Å². The molecule has 0 fully saturated rings. The first-order chi connectivity index (χ1) is 9.22. The molecule has 0 aliphatic rings. The highest BCUT2D eigenvalue weighted by molar-refractivity contribution is 9.10. The third kappa shape index (κ3) is 3.72. The Balaban J connectivity index is 2.11. The number of rotatable bonds is 5. The highest BCUT2D eigenvalue weighted by atomic mass is 79.9. The summed E-state index contributed by atoms with van der Waals surface area (Å²) in [4.78, 5) is 0. The van der Waals surface area contributed by atoms with Crippen molar-refractivity contribution in [2.45, 2.75) is 13.2 Å². The van der Waals surface area contributed by atoms with E-state index in [0.717, 1.165) is 21.3 Å². The Morgan fingerprint density at radius 3 is 2.58 bits per heavy atom. The number of hydrogen-bond donors (Lipinski definition) is 1. The molecule has 0 atom stereocenters. The maximum atomic E-state index is 5.78. The van der Waals surface area contributed by atoms with Crippen LogP contribution in [-0.4, -0.2) is 7.11 Å². The lowest BCUT2D eigenvalue weighted by Gasteiger charge is -2.12. The van der Waals surface area contributed by atoms with Gasteiger partial charge in [-0.05, 0) is 35.4 Å². The number of halogens is 1. The Bertz CT molecular complexity index is 558. The van der Waals surface area contributed by atoms with Crippen molar-refractivity contribution in [2.24, 2.45) is 5.73 Å². The lowest BCUT2D eigenvalue weighted by Crippen LogP contribution is -2.00. The van der Waals surface area contributed by atoms with Crippen LogP contribution in [0.2, 0.25) is 0 Å². The van der Waals surface area contributed by atoms with Crippen molar-refractivity contribution in [3.63, 3.8) is 0 Å². The third-order valence-electron chi connectivity index (χ3n) is 2.75. The fourth-order valence-electron chi connectivity index (χ4n) is 1.75. The molecule has 0 aliphatic carbocycles. The zero-order valence-corrected chi connectivity index (χ0v) is 12.3. The van der Waals surface area contributed by atoms with Crippen molar-refractivity contribution in [1.82, 2.24) is 0 Å². The van der Waals surface area contributed by atoms with Gasteiger partial charge in [0.2, 0.25) is 0 Å². The first kappa shape index (κ1) is 13.9. The second-order valence-electron chi connectivity index (χ2n) is 4.11. The summed E-state index contributed by atoms with van der Waals surface area (Å²) in [5.41, 5.74) is 7.72. The minimum Gasteiger partial charge on any atom is -0.493 e. The molecule has 2 N–H and O–H groups in total. The van der Waals surface area contributed by atoms with Gasteiger partial charge < -0.3 is 15.2 Å². The van der Waals surface area contributed by atoms with Crippen LogP contribution in [-0.2, 0) is 13.2 Å². The molecule has 2 aromatic rings. The molecular formula is C15H16BrNO2. The van der Waals surface area contributed by atoms with Gasteiger partial charge in [0.15, 0.2) is 11.5 Å². The summed E-state index contributed by atoms with van der Waals surface area (Å²) in [6, 6.07) is 13.7. The summed E-state index contributed by atoms with van der Waals surface area (Å²) in [5.74, 6) is 1.43. The topological polar surface area (TPSA) is 44.5 Å². The van der Waals surface area contributed by atoms with Crippen LogP contribution in [0.4, 0.5) is 0 Å². The smallest absolute Gasteiger partial charge is 0.161 e. The van der Waals surface area contributed by atoms with Gasteiger partial charge in [0.05, 0.1) is 7.11 Å². The van der Waals surface area contributed by atoms with Gasteiger partial charge in [-0.3, -0.25) is 0 Å². The van der Waals surface area contributed by atoms with Gasteiger partial charge in [-0.1, -0.05) is 34.1 Å². The molecule has 0 saturated heterocycles. The number of benzene rings is 2.